The van der Waals surface area contributed by atoms with E-state index in [0.29, 0.717) is 17.3 Å². The first-order valence-electron chi connectivity index (χ1n) is 6.69. The number of nitrogen functional groups attached to an aromatic ring is 1. The zero-order valence-electron chi connectivity index (χ0n) is 11.3. The van der Waals surface area contributed by atoms with Crippen molar-refractivity contribution in [3.8, 4) is 0 Å². The molecule has 0 radical (unpaired) electrons. The molecule has 2 unspecified atom stereocenters. The first kappa shape index (κ1) is 12.1. The second-order valence-electron chi connectivity index (χ2n) is 5.65. The van der Waals surface area contributed by atoms with Gasteiger partial charge in [-0.15, -0.1) is 0 Å². The lowest BCUT2D eigenvalue weighted by Gasteiger charge is -2.15. The number of amides is 1. The molecule has 4 nitrogen and oxygen atoms in total. The van der Waals surface area contributed by atoms with Crippen LogP contribution in [0, 0.1) is 11.8 Å². The monoisotopic (exact) mass is 257 g/mol. The highest BCUT2D eigenvalue weighted by molar-refractivity contribution is 6.00. The molecular weight excluding hydrogens is 238 g/mol. The Morgan fingerprint density at radius 1 is 1.53 bits per heavy atom. The van der Waals surface area contributed by atoms with E-state index in [9.17, 15) is 4.79 Å². The van der Waals surface area contributed by atoms with Crippen LogP contribution in [0.15, 0.2) is 24.3 Å². The largest absolute Gasteiger partial charge is 0.397 e. The zero-order chi connectivity index (χ0) is 13.6. The van der Waals surface area contributed by atoms with Gasteiger partial charge in [-0.3, -0.25) is 4.79 Å². The number of nitrogens with zero attached hydrogens (tertiary/aromatic N) is 1. The third-order valence-electron chi connectivity index (χ3n) is 4.05. The first-order valence-corrected chi connectivity index (χ1v) is 6.69. The molecule has 1 aliphatic rings. The van der Waals surface area contributed by atoms with Crippen molar-refractivity contribution >= 4 is 22.5 Å². The molecule has 1 aromatic heterocycles. The van der Waals surface area contributed by atoms with E-state index in [4.69, 9.17) is 5.73 Å². The van der Waals surface area contributed by atoms with Crippen molar-refractivity contribution in [2.75, 3.05) is 19.3 Å². The highest BCUT2D eigenvalue weighted by Gasteiger charge is 2.34. The molecule has 100 valence electrons. The number of hydrogen-bond donors (Lipinski definition) is 2. The number of nitrogens with one attached hydrogen (secondary N) is 1. The van der Waals surface area contributed by atoms with Crippen LogP contribution >= 0.6 is 0 Å². The van der Waals surface area contributed by atoms with Crippen molar-refractivity contribution in [1.29, 1.82) is 0 Å². The average molecular weight is 257 g/mol. The van der Waals surface area contributed by atoms with Crippen LogP contribution in [0.4, 0.5) is 5.69 Å². The summed E-state index contributed by atoms with van der Waals surface area (Å²) in [5.41, 5.74) is 8.04. The van der Waals surface area contributed by atoms with E-state index < -0.39 is 0 Å². The summed E-state index contributed by atoms with van der Waals surface area (Å²) >= 11 is 0. The minimum Gasteiger partial charge on any atom is -0.397 e. The van der Waals surface area contributed by atoms with Gasteiger partial charge in [0.15, 0.2) is 0 Å². The fourth-order valence-corrected chi connectivity index (χ4v) is 2.59. The van der Waals surface area contributed by atoms with Gasteiger partial charge in [0.25, 0.3) is 5.91 Å². The highest BCUT2D eigenvalue weighted by atomic mass is 16.2. The van der Waals surface area contributed by atoms with E-state index in [2.05, 4.69) is 11.9 Å². The molecule has 3 N–H and O–H groups in total. The molecule has 0 spiro atoms. The van der Waals surface area contributed by atoms with Crippen molar-refractivity contribution in [3.63, 3.8) is 0 Å². The molecule has 1 amide bonds. The first-order chi connectivity index (χ1) is 9.06. The Kier molecular flexibility index (Phi) is 2.73. The molecule has 0 bridgehead atoms. The summed E-state index contributed by atoms with van der Waals surface area (Å²) in [4.78, 5) is 17.3. The number of carbonyl (C=O) groups is 1. The fourth-order valence-electron chi connectivity index (χ4n) is 2.59. The number of carbonyl (C=O) groups excluding carboxylic acids is 1. The smallest absolute Gasteiger partial charge is 0.270 e. The second kappa shape index (κ2) is 4.30. The third kappa shape index (κ3) is 2.18. The summed E-state index contributed by atoms with van der Waals surface area (Å²) in [5.74, 6) is 1.46. The average Bonchev–Trinajstić information content (AvgIpc) is 2.91. The molecule has 19 heavy (non-hydrogen) atoms. The molecule has 1 aliphatic carbocycles. The van der Waals surface area contributed by atoms with Crippen LogP contribution in [0.2, 0.25) is 0 Å². The van der Waals surface area contributed by atoms with Gasteiger partial charge >= 0.3 is 0 Å². The van der Waals surface area contributed by atoms with Crippen LogP contribution < -0.4 is 5.73 Å². The van der Waals surface area contributed by atoms with E-state index in [1.54, 1.807) is 4.90 Å². The maximum absolute atomic E-state index is 12.3. The van der Waals surface area contributed by atoms with Crippen LogP contribution in [-0.4, -0.2) is 29.4 Å². The lowest BCUT2D eigenvalue weighted by molar-refractivity contribution is 0.0782. The van der Waals surface area contributed by atoms with Gasteiger partial charge in [0.2, 0.25) is 0 Å². The quantitative estimate of drug-likeness (QED) is 0.830. The van der Waals surface area contributed by atoms with Gasteiger partial charge in [-0.1, -0.05) is 19.1 Å². The number of anilines is 1. The minimum atomic E-state index is 0.0368. The van der Waals surface area contributed by atoms with Crippen LogP contribution in [0.5, 0.6) is 0 Å². The lowest BCUT2D eigenvalue weighted by Crippen LogP contribution is -2.29. The standard InChI is InChI=1S/C15H19N3O/c1-9-6-11(9)8-18(2)15(19)13-7-10-4-3-5-12(16)14(10)17-13/h3-5,7,9,11,17H,6,8,16H2,1-2H3. The lowest BCUT2D eigenvalue weighted by atomic mass is 10.2. The molecule has 1 saturated carbocycles. The molecule has 3 rings (SSSR count). The molecule has 2 atom stereocenters. The Morgan fingerprint density at radius 3 is 2.89 bits per heavy atom. The molecule has 1 fully saturated rings. The van der Waals surface area contributed by atoms with Crippen LogP contribution in [-0.2, 0) is 0 Å². The van der Waals surface area contributed by atoms with Gasteiger partial charge in [0.1, 0.15) is 5.69 Å². The van der Waals surface area contributed by atoms with Gasteiger partial charge < -0.3 is 15.6 Å². The minimum absolute atomic E-state index is 0.0368. The SMILES string of the molecule is CC1CC1CN(C)C(=O)c1cc2cccc(N)c2[nH]1. The summed E-state index contributed by atoms with van der Waals surface area (Å²) in [6.07, 6.45) is 1.23. The number of benzene rings is 1. The molecule has 0 saturated heterocycles. The Hall–Kier alpha value is -1.97. The maximum atomic E-state index is 12.3. The summed E-state index contributed by atoms with van der Waals surface area (Å²) < 4.78 is 0. The van der Waals surface area contributed by atoms with Crippen LogP contribution in [0.3, 0.4) is 0 Å². The Morgan fingerprint density at radius 2 is 2.26 bits per heavy atom. The van der Waals surface area contributed by atoms with Gasteiger partial charge in [-0.2, -0.15) is 0 Å². The van der Waals surface area contributed by atoms with E-state index >= 15 is 0 Å². The highest BCUT2D eigenvalue weighted by Crippen LogP contribution is 2.38. The van der Waals surface area contributed by atoms with E-state index in [-0.39, 0.29) is 5.91 Å². The van der Waals surface area contributed by atoms with Crippen molar-refractivity contribution in [3.05, 3.63) is 30.0 Å². The molecule has 1 aromatic carbocycles. The second-order valence-corrected chi connectivity index (χ2v) is 5.65. The number of H-pyrrole nitrogens is 1. The number of fused-ring (bicyclic) bond motifs is 1. The fraction of sp³-hybridized carbons (Fsp3) is 0.400. The normalized spacial score (nSPS) is 21.6. The summed E-state index contributed by atoms with van der Waals surface area (Å²) in [6, 6.07) is 7.57. The molecule has 1 heterocycles. The Balaban J connectivity index is 1.83. The zero-order valence-corrected chi connectivity index (χ0v) is 11.3. The number of aromatic amines is 1. The number of nitrogens with two attached hydrogens (primary N) is 1. The molecule has 4 heteroatoms. The van der Waals surface area contributed by atoms with Gasteiger partial charge in [0.05, 0.1) is 11.2 Å². The van der Waals surface area contributed by atoms with Gasteiger partial charge in [-0.05, 0) is 30.4 Å². The molecule has 2 aromatic rings. The van der Waals surface area contributed by atoms with Crippen molar-refractivity contribution in [1.82, 2.24) is 9.88 Å². The van der Waals surface area contributed by atoms with E-state index in [1.165, 1.54) is 6.42 Å². The van der Waals surface area contributed by atoms with Crippen molar-refractivity contribution < 1.29 is 4.79 Å². The number of para-hydroxylation sites is 1. The predicted octanol–water partition coefficient (Wildman–Crippen LogP) is 2.48. The van der Waals surface area contributed by atoms with Crippen molar-refractivity contribution in [2.45, 2.75) is 13.3 Å². The molecule has 0 aliphatic heterocycles. The van der Waals surface area contributed by atoms with Crippen LogP contribution in [0.1, 0.15) is 23.8 Å². The summed E-state index contributed by atoms with van der Waals surface area (Å²) in [5, 5.41) is 0.983. The Bertz CT molecular complexity index is 631. The Labute approximate surface area is 112 Å². The van der Waals surface area contributed by atoms with E-state index in [1.807, 2.05) is 31.3 Å². The van der Waals surface area contributed by atoms with Gasteiger partial charge in [0, 0.05) is 19.0 Å². The predicted molar refractivity (Wildman–Crippen MR) is 76.9 cm³/mol. The van der Waals surface area contributed by atoms with Gasteiger partial charge in [-0.25, -0.2) is 0 Å². The maximum Gasteiger partial charge on any atom is 0.270 e. The summed E-state index contributed by atoms with van der Waals surface area (Å²) in [7, 11) is 1.86. The molecular formula is C15H19N3O. The number of aromatic nitrogens is 1. The number of rotatable bonds is 3. The van der Waals surface area contributed by atoms with Crippen molar-refractivity contribution in [2.24, 2.45) is 11.8 Å². The summed E-state index contributed by atoms with van der Waals surface area (Å²) in [6.45, 7) is 3.07. The topological polar surface area (TPSA) is 62.1 Å². The van der Waals surface area contributed by atoms with E-state index in [0.717, 1.165) is 23.4 Å². The third-order valence-corrected chi connectivity index (χ3v) is 4.05. The number of hydrogen-bond acceptors (Lipinski definition) is 2. The van der Waals surface area contributed by atoms with Crippen LogP contribution in [0.25, 0.3) is 10.9 Å².